The van der Waals surface area contributed by atoms with Crippen molar-refractivity contribution in [2.45, 2.75) is 6.92 Å². The summed E-state index contributed by atoms with van der Waals surface area (Å²) in [5.41, 5.74) is 0.945. The van der Waals surface area contributed by atoms with Crippen molar-refractivity contribution in [2.24, 2.45) is 10.9 Å². The number of hydrogen-bond acceptors (Lipinski definition) is 3. The molecule has 0 aromatic carbocycles. The highest BCUT2D eigenvalue weighted by molar-refractivity contribution is 6.47. The summed E-state index contributed by atoms with van der Waals surface area (Å²) >= 11 is 5.94. The molecule has 0 amide bonds. The van der Waals surface area contributed by atoms with Crippen LogP contribution in [0.15, 0.2) is 39.5 Å². The summed E-state index contributed by atoms with van der Waals surface area (Å²) < 4.78 is 0. The van der Waals surface area contributed by atoms with Gasteiger partial charge >= 0.3 is 5.97 Å². The second-order valence-electron chi connectivity index (χ2n) is 3.61. The zero-order valence-corrected chi connectivity index (χ0v) is 9.15. The Bertz CT molecular complexity index is 511. The lowest BCUT2D eigenvalue weighted by Gasteiger charge is -2.21. The molecule has 1 N–H and O–H groups in total. The van der Waals surface area contributed by atoms with Crippen molar-refractivity contribution in [3.8, 4) is 0 Å². The molecule has 1 aliphatic carbocycles. The monoisotopic (exact) mass is 237 g/mol. The van der Waals surface area contributed by atoms with Crippen LogP contribution in [0.5, 0.6) is 0 Å². The summed E-state index contributed by atoms with van der Waals surface area (Å²) in [6.07, 6.45) is 4.42. The van der Waals surface area contributed by atoms with Crippen LogP contribution in [0.1, 0.15) is 6.92 Å². The minimum absolute atomic E-state index is 0.302. The van der Waals surface area contributed by atoms with Crippen LogP contribution in [0.25, 0.3) is 0 Å². The first-order chi connectivity index (χ1) is 7.50. The van der Waals surface area contributed by atoms with E-state index in [-0.39, 0.29) is 5.57 Å². The molecule has 0 fully saturated rings. The van der Waals surface area contributed by atoms with E-state index in [0.717, 1.165) is 11.8 Å². The molecule has 1 heterocycles. The number of rotatable bonds is 1. The van der Waals surface area contributed by atoms with Crippen molar-refractivity contribution in [2.75, 3.05) is 0 Å². The van der Waals surface area contributed by atoms with Gasteiger partial charge in [-0.05, 0) is 13.0 Å². The molecule has 0 saturated carbocycles. The van der Waals surface area contributed by atoms with E-state index in [9.17, 15) is 9.59 Å². The van der Waals surface area contributed by atoms with Crippen molar-refractivity contribution in [1.29, 1.82) is 0 Å². The number of aliphatic carboxylic acids is 1. The third kappa shape index (κ3) is 1.61. The van der Waals surface area contributed by atoms with E-state index in [4.69, 9.17) is 16.7 Å². The van der Waals surface area contributed by atoms with Crippen LogP contribution >= 0.6 is 11.6 Å². The van der Waals surface area contributed by atoms with Gasteiger partial charge in [0.05, 0.1) is 16.7 Å². The lowest BCUT2D eigenvalue weighted by atomic mass is 9.86. The van der Waals surface area contributed by atoms with Crippen LogP contribution in [0.4, 0.5) is 0 Å². The van der Waals surface area contributed by atoms with Gasteiger partial charge in [0.2, 0.25) is 0 Å². The summed E-state index contributed by atoms with van der Waals surface area (Å²) in [5.74, 6) is -2.39. The Kier molecular flexibility index (Phi) is 2.52. The maximum atomic E-state index is 11.8. The quantitative estimate of drug-likeness (QED) is 0.706. The fourth-order valence-electron chi connectivity index (χ4n) is 1.68. The Labute approximate surface area is 96.6 Å². The molecular weight excluding hydrogens is 230 g/mol. The first kappa shape index (κ1) is 10.8. The van der Waals surface area contributed by atoms with Gasteiger partial charge in [0.1, 0.15) is 5.57 Å². The van der Waals surface area contributed by atoms with Crippen molar-refractivity contribution in [3.63, 3.8) is 0 Å². The molecule has 4 nitrogen and oxygen atoms in total. The third-order valence-electron chi connectivity index (χ3n) is 2.43. The molecule has 0 aromatic heterocycles. The highest BCUT2D eigenvalue weighted by atomic mass is 35.5. The molecule has 1 aliphatic heterocycles. The van der Waals surface area contributed by atoms with Crippen LogP contribution in [0.2, 0.25) is 0 Å². The third-order valence-corrected chi connectivity index (χ3v) is 2.74. The lowest BCUT2D eigenvalue weighted by molar-refractivity contribution is -0.134. The second-order valence-corrected chi connectivity index (χ2v) is 4.01. The number of nitrogens with zero attached hydrogens (tertiary/aromatic N) is 1. The molecule has 2 aliphatic rings. The molecule has 0 bridgehead atoms. The van der Waals surface area contributed by atoms with Gasteiger partial charge in [-0.1, -0.05) is 23.3 Å². The number of ketones is 1. The Hall–Kier alpha value is -1.68. The minimum atomic E-state index is -1.26. The molecule has 2 rings (SSSR count). The zero-order valence-electron chi connectivity index (χ0n) is 8.40. The van der Waals surface area contributed by atoms with Crippen LogP contribution < -0.4 is 0 Å². The van der Waals surface area contributed by atoms with E-state index in [1.807, 2.05) is 0 Å². The fourth-order valence-corrected chi connectivity index (χ4v) is 2.02. The summed E-state index contributed by atoms with van der Waals surface area (Å²) in [6, 6.07) is 0. The highest BCUT2D eigenvalue weighted by Gasteiger charge is 2.34. The number of carbonyl (C=O) groups excluding carboxylic acids is 1. The summed E-state index contributed by atoms with van der Waals surface area (Å²) in [4.78, 5) is 26.5. The first-order valence-electron chi connectivity index (χ1n) is 4.62. The van der Waals surface area contributed by atoms with Gasteiger partial charge < -0.3 is 5.11 Å². The Morgan fingerprint density at radius 1 is 1.56 bits per heavy atom. The highest BCUT2D eigenvalue weighted by Crippen LogP contribution is 2.28. The Morgan fingerprint density at radius 2 is 2.25 bits per heavy atom. The van der Waals surface area contributed by atoms with E-state index < -0.39 is 17.7 Å². The van der Waals surface area contributed by atoms with Crippen LogP contribution in [0, 0.1) is 5.92 Å². The number of fused-ring (bicyclic) bond motifs is 1. The molecule has 0 saturated heterocycles. The predicted octanol–water partition coefficient (Wildman–Crippen LogP) is 1.68. The van der Waals surface area contributed by atoms with Crippen molar-refractivity contribution >= 4 is 29.1 Å². The van der Waals surface area contributed by atoms with Gasteiger partial charge in [-0.3, -0.25) is 9.79 Å². The van der Waals surface area contributed by atoms with Crippen molar-refractivity contribution in [1.82, 2.24) is 0 Å². The number of halogens is 1. The van der Waals surface area contributed by atoms with Gasteiger partial charge in [0.15, 0.2) is 5.78 Å². The lowest BCUT2D eigenvalue weighted by Crippen LogP contribution is -2.31. The largest absolute Gasteiger partial charge is 0.478 e. The number of carboxylic acid groups (broad SMARTS) is 1. The standard InChI is InChI=1S/C11H8ClNO3/c1-5-2-6-9(8(12)3-5)13-4-7(10(6)14)11(15)16/h2-4,6H,1H3,(H,15,16). The van der Waals surface area contributed by atoms with E-state index in [2.05, 4.69) is 4.99 Å². The maximum absolute atomic E-state index is 11.8. The average molecular weight is 238 g/mol. The molecule has 5 heteroatoms. The Morgan fingerprint density at radius 3 is 2.88 bits per heavy atom. The zero-order chi connectivity index (χ0) is 11.9. The number of carboxylic acids is 1. The van der Waals surface area contributed by atoms with Gasteiger partial charge in [0, 0.05) is 6.20 Å². The van der Waals surface area contributed by atoms with Gasteiger partial charge in [-0.15, -0.1) is 0 Å². The van der Waals surface area contributed by atoms with E-state index in [0.29, 0.717) is 10.7 Å². The molecule has 1 atom stereocenters. The van der Waals surface area contributed by atoms with Gasteiger partial charge in [-0.25, -0.2) is 4.79 Å². The van der Waals surface area contributed by atoms with Crippen molar-refractivity contribution in [3.05, 3.63) is 34.5 Å². The molecule has 0 aromatic rings. The smallest absolute Gasteiger partial charge is 0.340 e. The number of Topliss-reactive ketones (excluding diaryl/α,β-unsaturated/α-hetero) is 1. The fraction of sp³-hybridized carbons (Fsp3) is 0.182. The SMILES string of the molecule is CC1=CC2C(=O)C(C(=O)O)=CN=C2C(Cl)=C1. The van der Waals surface area contributed by atoms with Gasteiger partial charge in [0.25, 0.3) is 0 Å². The number of carbonyl (C=O) groups is 2. The van der Waals surface area contributed by atoms with Gasteiger partial charge in [-0.2, -0.15) is 0 Å². The summed E-state index contributed by atoms with van der Waals surface area (Å²) in [6.45, 7) is 1.80. The molecule has 16 heavy (non-hydrogen) atoms. The second kappa shape index (κ2) is 3.72. The maximum Gasteiger partial charge on any atom is 0.340 e. The van der Waals surface area contributed by atoms with Crippen molar-refractivity contribution < 1.29 is 14.7 Å². The Balaban J connectivity index is 2.51. The van der Waals surface area contributed by atoms with Crippen LogP contribution in [-0.2, 0) is 9.59 Å². The molecule has 82 valence electrons. The number of allylic oxidation sites excluding steroid dienone is 4. The molecule has 0 radical (unpaired) electrons. The van der Waals surface area contributed by atoms with E-state index in [1.54, 1.807) is 19.1 Å². The topological polar surface area (TPSA) is 66.7 Å². The minimum Gasteiger partial charge on any atom is -0.478 e. The number of hydrogen-bond donors (Lipinski definition) is 1. The molecular formula is C11H8ClNO3. The normalized spacial score (nSPS) is 23.9. The summed E-state index contributed by atoms with van der Waals surface area (Å²) in [7, 11) is 0. The van der Waals surface area contributed by atoms with E-state index >= 15 is 0 Å². The van der Waals surface area contributed by atoms with E-state index in [1.165, 1.54) is 0 Å². The molecule has 1 unspecified atom stereocenters. The average Bonchev–Trinajstić information content (AvgIpc) is 2.19. The van der Waals surface area contributed by atoms with Crippen LogP contribution in [0.3, 0.4) is 0 Å². The molecule has 0 spiro atoms. The van der Waals surface area contributed by atoms with Crippen LogP contribution in [-0.4, -0.2) is 22.6 Å². The predicted molar refractivity (Wildman–Crippen MR) is 59.3 cm³/mol. The number of aliphatic imine (C=N–C) groups is 1. The summed E-state index contributed by atoms with van der Waals surface area (Å²) in [5, 5.41) is 9.19. The first-order valence-corrected chi connectivity index (χ1v) is 5.00.